The van der Waals surface area contributed by atoms with Gasteiger partial charge in [0.2, 0.25) is 0 Å². The second-order valence-electron chi connectivity index (χ2n) is 3.57. The van der Waals surface area contributed by atoms with Crippen LogP contribution in [0.3, 0.4) is 0 Å². The lowest BCUT2D eigenvalue weighted by Gasteiger charge is -2.17. The number of benzene rings is 1. The van der Waals surface area contributed by atoms with E-state index in [0.29, 0.717) is 6.07 Å². The Labute approximate surface area is 108 Å². The van der Waals surface area contributed by atoms with Crippen LogP contribution in [0.4, 0.5) is 13.6 Å². The average Bonchev–Trinajstić information content (AvgIpc) is 2.29. The Morgan fingerprint density at radius 3 is 2.72 bits per heavy atom. The number of halogens is 3. The summed E-state index contributed by atoms with van der Waals surface area (Å²) in [5.41, 5.74) is 4.96. The van der Waals surface area contributed by atoms with Gasteiger partial charge in [-0.3, -0.25) is 0 Å². The Balaban J connectivity index is 2.80. The predicted molar refractivity (Wildman–Crippen MR) is 61.5 cm³/mol. The van der Waals surface area contributed by atoms with Crippen LogP contribution in [0.25, 0.3) is 0 Å². The monoisotopic (exact) mass is 279 g/mol. The molecule has 0 aliphatic rings. The van der Waals surface area contributed by atoms with Crippen molar-refractivity contribution in [2.45, 2.75) is 18.9 Å². The molecule has 0 spiro atoms. The molecule has 0 aromatic heterocycles. The van der Waals surface area contributed by atoms with Crippen molar-refractivity contribution >= 4 is 17.7 Å². The highest BCUT2D eigenvalue weighted by molar-refractivity contribution is 6.17. The first kappa shape index (κ1) is 14.5. The van der Waals surface area contributed by atoms with Crippen LogP contribution in [-0.4, -0.2) is 18.8 Å². The highest BCUT2D eigenvalue weighted by Crippen LogP contribution is 2.26. The molecule has 0 aliphatic heterocycles. The van der Waals surface area contributed by atoms with Crippen molar-refractivity contribution in [2.24, 2.45) is 5.73 Å². The number of hydrogen-bond acceptors (Lipinski definition) is 3. The number of primary amides is 1. The quantitative estimate of drug-likeness (QED) is 0.843. The summed E-state index contributed by atoms with van der Waals surface area (Å²) in [7, 11) is 0. The van der Waals surface area contributed by atoms with Crippen LogP contribution < -0.4 is 10.5 Å². The van der Waals surface area contributed by atoms with Gasteiger partial charge in [-0.2, -0.15) is 0 Å². The summed E-state index contributed by atoms with van der Waals surface area (Å²) < 4.78 is 36.2. The molecule has 0 saturated heterocycles. The number of carbonyl (C=O) groups excluding carboxylic acids is 1. The normalized spacial score (nSPS) is 12.0. The first-order valence-corrected chi connectivity index (χ1v) is 5.60. The maximum Gasteiger partial charge on any atom is 0.404 e. The maximum atomic E-state index is 13.5. The zero-order valence-electron chi connectivity index (χ0n) is 9.58. The summed E-state index contributed by atoms with van der Waals surface area (Å²) in [6.45, 7) is 1.40. The molecule has 1 amide bonds. The fourth-order valence-electron chi connectivity index (χ4n) is 1.28. The Morgan fingerprint density at radius 1 is 1.50 bits per heavy atom. The predicted octanol–water partition coefficient (Wildman–Crippen LogP) is 2.57. The van der Waals surface area contributed by atoms with E-state index in [-0.39, 0.29) is 23.8 Å². The highest BCUT2D eigenvalue weighted by Gasteiger charge is 2.16. The third-order valence-corrected chi connectivity index (χ3v) is 2.30. The molecule has 0 saturated carbocycles. The minimum Gasteiger partial charge on any atom is -0.484 e. The molecule has 2 N–H and O–H groups in total. The van der Waals surface area contributed by atoms with Gasteiger partial charge in [0.1, 0.15) is 18.5 Å². The van der Waals surface area contributed by atoms with E-state index in [4.69, 9.17) is 22.1 Å². The van der Waals surface area contributed by atoms with Crippen molar-refractivity contribution in [3.8, 4) is 5.75 Å². The van der Waals surface area contributed by atoms with E-state index in [1.165, 1.54) is 0 Å². The molecular weight excluding hydrogens is 268 g/mol. The summed E-state index contributed by atoms with van der Waals surface area (Å²) in [6.07, 6.45) is -1.60. The summed E-state index contributed by atoms with van der Waals surface area (Å²) >= 11 is 5.57. The van der Waals surface area contributed by atoms with Crippen molar-refractivity contribution in [3.05, 3.63) is 29.3 Å². The van der Waals surface area contributed by atoms with Crippen LogP contribution in [-0.2, 0) is 10.6 Å². The number of nitrogens with two attached hydrogens (primary N) is 1. The van der Waals surface area contributed by atoms with Crippen LogP contribution in [0.15, 0.2) is 12.1 Å². The Morgan fingerprint density at radius 2 is 2.17 bits per heavy atom. The second-order valence-corrected chi connectivity index (χ2v) is 3.84. The second kappa shape index (κ2) is 6.39. The summed E-state index contributed by atoms with van der Waals surface area (Å²) in [5, 5.41) is 0. The molecule has 1 aromatic rings. The van der Waals surface area contributed by atoms with Crippen molar-refractivity contribution in [2.75, 3.05) is 6.61 Å². The number of carbonyl (C=O) groups is 1. The highest BCUT2D eigenvalue weighted by atomic mass is 35.5. The number of rotatable bonds is 5. The van der Waals surface area contributed by atoms with Crippen molar-refractivity contribution in [1.29, 1.82) is 0 Å². The Bertz CT molecular complexity index is 443. The fraction of sp³-hybridized carbons (Fsp3) is 0.364. The first-order valence-electron chi connectivity index (χ1n) is 5.06. The van der Waals surface area contributed by atoms with E-state index < -0.39 is 23.8 Å². The topological polar surface area (TPSA) is 61.5 Å². The first-order chi connectivity index (χ1) is 8.43. The Hall–Kier alpha value is -1.56. The van der Waals surface area contributed by atoms with Crippen molar-refractivity contribution in [3.63, 3.8) is 0 Å². The van der Waals surface area contributed by atoms with Crippen LogP contribution in [0.1, 0.15) is 12.5 Å². The molecule has 0 unspecified atom stereocenters. The van der Waals surface area contributed by atoms with Gasteiger partial charge in [-0.15, -0.1) is 11.6 Å². The van der Waals surface area contributed by atoms with Gasteiger partial charge in [0, 0.05) is 11.6 Å². The van der Waals surface area contributed by atoms with Crippen LogP contribution in [0.2, 0.25) is 0 Å². The van der Waals surface area contributed by atoms with Gasteiger partial charge < -0.3 is 15.2 Å². The zero-order valence-corrected chi connectivity index (χ0v) is 10.3. The van der Waals surface area contributed by atoms with E-state index in [2.05, 4.69) is 4.74 Å². The number of hydrogen-bond donors (Lipinski definition) is 1. The van der Waals surface area contributed by atoms with Gasteiger partial charge in [0.25, 0.3) is 0 Å². The number of amides is 1. The fourth-order valence-corrected chi connectivity index (χ4v) is 1.48. The van der Waals surface area contributed by atoms with Crippen LogP contribution >= 0.6 is 11.6 Å². The van der Waals surface area contributed by atoms with Crippen molar-refractivity contribution in [1.82, 2.24) is 0 Å². The molecule has 1 atom stereocenters. The molecule has 0 radical (unpaired) electrons. The lowest BCUT2D eigenvalue weighted by Crippen LogP contribution is -2.25. The minimum absolute atomic E-state index is 0.104. The summed E-state index contributed by atoms with van der Waals surface area (Å²) in [4.78, 5) is 10.4. The SMILES string of the molecule is C[C@@H](COC(N)=O)Oc1c(F)cc(F)cc1CCl. The maximum absolute atomic E-state index is 13.5. The van der Waals surface area contributed by atoms with E-state index in [1.54, 1.807) is 6.92 Å². The van der Waals surface area contributed by atoms with Gasteiger partial charge in [-0.1, -0.05) is 0 Å². The molecule has 0 heterocycles. The van der Waals surface area contributed by atoms with E-state index in [9.17, 15) is 13.6 Å². The standard InChI is InChI=1S/C11H12ClF2NO3/c1-6(5-17-11(15)16)18-10-7(4-12)2-8(13)3-9(10)14/h2-3,6H,4-5H2,1H3,(H2,15,16)/t6-/m0/s1. The smallest absolute Gasteiger partial charge is 0.404 e. The van der Waals surface area contributed by atoms with Gasteiger partial charge in [0.15, 0.2) is 11.6 Å². The summed E-state index contributed by atoms with van der Waals surface area (Å²) in [5.74, 6) is -1.87. The molecule has 0 bridgehead atoms. The molecule has 0 aliphatic carbocycles. The van der Waals surface area contributed by atoms with Crippen LogP contribution in [0, 0.1) is 11.6 Å². The van der Waals surface area contributed by atoms with E-state index in [1.807, 2.05) is 0 Å². The molecule has 18 heavy (non-hydrogen) atoms. The third kappa shape index (κ3) is 4.03. The van der Waals surface area contributed by atoms with Gasteiger partial charge >= 0.3 is 6.09 Å². The lowest BCUT2D eigenvalue weighted by molar-refractivity contribution is 0.0935. The lowest BCUT2D eigenvalue weighted by atomic mass is 10.2. The summed E-state index contributed by atoms with van der Waals surface area (Å²) in [6, 6.07) is 1.76. The van der Waals surface area contributed by atoms with Gasteiger partial charge in [-0.05, 0) is 13.0 Å². The number of ether oxygens (including phenoxy) is 2. The molecule has 1 rings (SSSR count). The molecule has 4 nitrogen and oxygen atoms in total. The zero-order chi connectivity index (χ0) is 13.7. The Kier molecular flexibility index (Phi) is 5.15. The number of alkyl halides is 1. The molecular formula is C11H12ClF2NO3. The van der Waals surface area contributed by atoms with Gasteiger partial charge in [-0.25, -0.2) is 13.6 Å². The minimum atomic E-state index is -0.956. The third-order valence-electron chi connectivity index (χ3n) is 2.01. The van der Waals surface area contributed by atoms with Crippen LogP contribution in [0.5, 0.6) is 5.75 Å². The van der Waals surface area contributed by atoms with Crippen molar-refractivity contribution < 1.29 is 23.0 Å². The average molecular weight is 280 g/mol. The largest absolute Gasteiger partial charge is 0.484 e. The van der Waals surface area contributed by atoms with Gasteiger partial charge in [0.05, 0.1) is 5.88 Å². The van der Waals surface area contributed by atoms with E-state index in [0.717, 1.165) is 6.07 Å². The molecule has 1 aromatic carbocycles. The van der Waals surface area contributed by atoms with E-state index >= 15 is 0 Å². The molecule has 0 fully saturated rings. The molecule has 7 heteroatoms. The molecule has 100 valence electrons.